The lowest BCUT2D eigenvalue weighted by Gasteiger charge is -2.32. The summed E-state index contributed by atoms with van der Waals surface area (Å²) in [7, 11) is 0. The van der Waals surface area contributed by atoms with Crippen LogP contribution in [0.2, 0.25) is 0 Å². The molecule has 1 aromatic rings. The highest BCUT2D eigenvalue weighted by Gasteiger charge is 2.37. The maximum Gasteiger partial charge on any atom is 0.245 e. The van der Waals surface area contributed by atoms with E-state index >= 15 is 0 Å². The molecular weight excluding hydrogens is 268 g/mol. The molecule has 1 saturated heterocycles. The molecule has 1 fully saturated rings. The molecule has 1 N–H and O–H groups in total. The fourth-order valence-corrected chi connectivity index (χ4v) is 2.50. The van der Waals surface area contributed by atoms with E-state index in [2.05, 4.69) is 10.3 Å². The van der Waals surface area contributed by atoms with Crippen molar-refractivity contribution < 1.29 is 9.59 Å². The quantitative estimate of drug-likeness (QED) is 0.902. The number of hydrogen-bond donors (Lipinski definition) is 1. The first-order valence-electron chi connectivity index (χ1n) is 7.35. The smallest absolute Gasteiger partial charge is 0.245 e. The monoisotopic (exact) mass is 292 g/mol. The summed E-state index contributed by atoms with van der Waals surface area (Å²) in [6.07, 6.45) is 4.02. The Morgan fingerprint density at radius 2 is 2.05 bits per heavy atom. The van der Waals surface area contributed by atoms with Gasteiger partial charge < -0.3 is 14.8 Å². The lowest BCUT2D eigenvalue weighted by molar-refractivity contribution is -0.136. The largest absolute Gasteiger partial charge is 0.344 e. The molecule has 0 bridgehead atoms. The summed E-state index contributed by atoms with van der Waals surface area (Å²) in [6, 6.07) is -0.462. The van der Waals surface area contributed by atoms with Gasteiger partial charge in [-0.2, -0.15) is 0 Å². The first-order chi connectivity index (χ1) is 9.79. The van der Waals surface area contributed by atoms with Crippen LogP contribution in [0.3, 0.4) is 0 Å². The zero-order chi connectivity index (χ0) is 15.6. The van der Waals surface area contributed by atoms with Gasteiger partial charge in [0.2, 0.25) is 11.8 Å². The molecule has 1 aromatic heterocycles. The molecule has 2 amide bonds. The molecule has 1 aliphatic rings. The molecule has 0 aromatic carbocycles. The van der Waals surface area contributed by atoms with Gasteiger partial charge in [-0.15, -0.1) is 0 Å². The van der Waals surface area contributed by atoms with Crippen LogP contribution in [0.15, 0.2) is 12.4 Å². The molecular formula is C15H24N4O2. The van der Waals surface area contributed by atoms with Crippen molar-refractivity contribution >= 4 is 11.8 Å². The number of aromatic nitrogens is 2. The Labute approximate surface area is 125 Å². The number of rotatable bonds is 3. The van der Waals surface area contributed by atoms with Crippen LogP contribution in [0.25, 0.3) is 0 Å². The molecule has 2 heterocycles. The predicted molar refractivity (Wildman–Crippen MR) is 79.5 cm³/mol. The summed E-state index contributed by atoms with van der Waals surface area (Å²) in [5, 5.41) is 2.85. The van der Waals surface area contributed by atoms with E-state index in [0.29, 0.717) is 26.1 Å². The average Bonchev–Trinajstić information content (AvgIpc) is 2.73. The van der Waals surface area contributed by atoms with Crippen molar-refractivity contribution in [3.8, 4) is 0 Å². The average molecular weight is 292 g/mol. The molecule has 1 atom stereocenters. The van der Waals surface area contributed by atoms with Crippen LogP contribution in [0, 0.1) is 12.3 Å². The maximum atomic E-state index is 12.7. The second-order valence-corrected chi connectivity index (χ2v) is 6.61. The summed E-state index contributed by atoms with van der Waals surface area (Å²) in [5.41, 5.74) is -0.291. The van der Waals surface area contributed by atoms with Gasteiger partial charge in [-0.1, -0.05) is 20.8 Å². The van der Waals surface area contributed by atoms with Crippen molar-refractivity contribution in [2.75, 3.05) is 13.1 Å². The van der Waals surface area contributed by atoms with Gasteiger partial charge in [-0.3, -0.25) is 9.59 Å². The van der Waals surface area contributed by atoms with E-state index in [0.717, 1.165) is 5.82 Å². The van der Waals surface area contributed by atoms with Crippen LogP contribution in [-0.2, 0) is 16.1 Å². The van der Waals surface area contributed by atoms with Gasteiger partial charge in [-0.05, 0) is 12.3 Å². The van der Waals surface area contributed by atoms with Crippen LogP contribution in [0.1, 0.15) is 33.0 Å². The molecule has 0 spiro atoms. The second-order valence-electron chi connectivity index (χ2n) is 6.61. The first kappa shape index (κ1) is 15.5. The number of carbonyl (C=O) groups excluding carboxylic acids is 2. The Balaban J connectivity index is 2.09. The van der Waals surface area contributed by atoms with E-state index in [9.17, 15) is 9.59 Å². The van der Waals surface area contributed by atoms with Crippen molar-refractivity contribution in [3.63, 3.8) is 0 Å². The van der Waals surface area contributed by atoms with Gasteiger partial charge >= 0.3 is 0 Å². The van der Waals surface area contributed by atoms with Crippen LogP contribution < -0.4 is 5.32 Å². The van der Waals surface area contributed by atoms with Crippen molar-refractivity contribution in [1.29, 1.82) is 0 Å². The molecule has 21 heavy (non-hydrogen) atoms. The van der Waals surface area contributed by atoms with E-state index in [1.165, 1.54) is 0 Å². The second kappa shape index (κ2) is 5.87. The predicted octanol–water partition coefficient (Wildman–Crippen LogP) is 0.955. The third-order valence-corrected chi connectivity index (χ3v) is 3.87. The number of nitrogens with zero attached hydrogens (tertiary/aromatic N) is 3. The fraction of sp³-hybridized carbons (Fsp3) is 0.667. The number of aryl methyl sites for hydroxylation is 1. The van der Waals surface area contributed by atoms with E-state index < -0.39 is 6.04 Å². The summed E-state index contributed by atoms with van der Waals surface area (Å²) in [5.74, 6) is 0.884. The van der Waals surface area contributed by atoms with Gasteiger partial charge in [0.05, 0.1) is 0 Å². The van der Waals surface area contributed by atoms with Crippen molar-refractivity contribution in [1.82, 2.24) is 19.8 Å². The van der Waals surface area contributed by atoms with Crippen molar-refractivity contribution in [3.05, 3.63) is 18.2 Å². The Kier molecular flexibility index (Phi) is 4.34. The van der Waals surface area contributed by atoms with Crippen LogP contribution in [-0.4, -0.2) is 45.4 Å². The number of imidazole rings is 1. The normalized spacial score (nSPS) is 20.4. The van der Waals surface area contributed by atoms with Gasteiger partial charge in [0.1, 0.15) is 11.9 Å². The van der Waals surface area contributed by atoms with Crippen LogP contribution in [0.4, 0.5) is 0 Å². The molecule has 2 rings (SSSR count). The van der Waals surface area contributed by atoms with E-state index in [4.69, 9.17) is 0 Å². The van der Waals surface area contributed by atoms with E-state index in [-0.39, 0.29) is 17.2 Å². The highest BCUT2D eigenvalue weighted by molar-refractivity contribution is 5.90. The zero-order valence-electron chi connectivity index (χ0n) is 13.2. The molecule has 6 nitrogen and oxygen atoms in total. The molecule has 0 saturated carbocycles. The highest BCUT2D eigenvalue weighted by Crippen LogP contribution is 2.23. The maximum absolute atomic E-state index is 12.7. The molecule has 1 aliphatic heterocycles. The fourth-order valence-electron chi connectivity index (χ4n) is 2.50. The summed E-state index contributed by atoms with van der Waals surface area (Å²) in [4.78, 5) is 30.4. The minimum Gasteiger partial charge on any atom is -0.344 e. The number of nitrogens with one attached hydrogen (secondary N) is 1. The summed E-state index contributed by atoms with van der Waals surface area (Å²) >= 11 is 0. The van der Waals surface area contributed by atoms with E-state index in [1.807, 2.05) is 38.5 Å². The molecule has 0 radical (unpaired) electrons. The number of hydrogen-bond acceptors (Lipinski definition) is 3. The lowest BCUT2D eigenvalue weighted by atomic mass is 9.86. The van der Waals surface area contributed by atoms with Crippen molar-refractivity contribution in [2.24, 2.45) is 5.41 Å². The van der Waals surface area contributed by atoms with Gasteiger partial charge in [0.25, 0.3) is 0 Å². The van der Waals surface area contributed by atoms with Gasteiger partial charge in [-0.25, -0.2) is 4.98 Å². The topological polar surface area (TPSA) is 67.2 Å². The zero-order valence-corrected chi connectivity index (χ0v) is 13.2. The SMILES string of the molecule is Cc1nccn1CCN1CCC(=O)NC(C(C)(C)C)C1=O. The molecule has 6 heteroatoms. The van der Waals surface area contributed by atoms with Crippen LogP contribution in [0.5, 0.6) is 0 Å². The number of amides is 2. The Hall–Kier alpha value is -1.85. The molecule has 0 aliphatic carbocycles. The van der Waals surface area contributed by atoms with Crippen molar-refractivity contribution in [2.45, 2.75) is 46.7 Å². The minimum absolute atomic E-state index is 0.00567. The van der Waals surface area contributed by atoms with Crippen LogP contribution >= 0.6 is 0 Å². The minimum atomic E-state index is -0.462. The number of carbonyl (C=O) groups is 2. The van der Waals surface area contributed by atoms with Gasteiger partial charge in [0, 0.05) is 38.4 Å². The Morgan fingerprint density at radius 3 is 2.62 bits per heavy atom. The summed E-state index contributed by atoms with van der Waals surface area (Å²) in [6.45, 7) is 9.62. The van der Waals surface area contributed by atoms with E-state index in [1.54, 1.807) is 11.1 Å². The lowest BCUT2D eigenvalue weighted by Crippen LogP contribution is -2.52. The highest BCUT2D eigenvalue weighted by atomic mass is 16.2. The Morgan fingerprint density at radius 1 is 1.33 bits per heavy atom. The molecule has 1 unspecified atom stereocenters. The first-order valence-corrected chi connectivity index (χ1v) is 7.35. The standard InChI is InChI=1S/C15H24N4O2/c1-11-16-6-8-18(11)9-10-19-7-5-12(20)17-13(14(19)21)15(2,3)4/h6,8,13H,5,7,9-10H2,1-4H3,(H,17,20). The summed E-state index contributed by atoms with van der Waals surface area (Å²) < 4.78 is 2.01. The Bertz CT molecular complexity index is 530. The molecule has 116 valence electrons. The van der Waals surface area contributed by atoms with Gasteiger partial charge in [0.15, 0.2) is 0 Å². The third-order valence-electron chi connectivity index (χ3n) is 3.87. The third kappa shape index (κ3) is 3.62.